The third kappa shape index (κ3) is 5.19. The molecular weight excluding hydrogens is 388 g/mol. The lowest BCUT2D eigenvalue weighted by Gasteiger charge is -2.06. The Hall–Kier alpha value is -3.10. The topological polar surface area (TPSA) is 92.4 Å². The normalized spacial score (nSPS) is 10.1. The number of hydrogen-bond donors (Lipinski definition) is 3. The van der Waals surface area contributed by atoms with Crippen LogP contribution in [0, 0.1) is 0 Å². The monoisotopic (exact) mass is 402 g/mol. The molecule has 1 aromatic heterocycles. The van der Waals surface area contributed by atoms with Gasteiger partial charge in [-0.2, -0.15) is 0 Å². The largest absolute Gasteiger partial charge is 0.497 e. The highest BCUT2D eigenvalue weighted by molar-refractivity contribution is 7.14. The van der Waals surface area contributed by atoms with Gasteiger partial charge in [-0.3, -0.25) is 10.1 Å². The molecule has 9 heteroatoms. The van der Waals surface area contributed by atoms with Crippen molar-refractivity contribution in [3.63, 3.8) is 0 Å². The second-order valence-corrected chi connectivity index (χ2v) is 6.61. The van der Waals surface area contributed by atoms with E-state index in [2.05, 4.69) is 20.9 Å². The van der Waals surface area contributed by atoms with E-state index in [9.17, 15) is 9.59 Å². The molecule has 0 atom stereocenters. The number of nitrogens with zero attached hydrogens (tertiary/aromatic N) is 1. The van der Waals surface area contributed by atoms with E-state index in [0.29, 0.717) is 27.3 Å². The SMILES string of the molecule is COc1cccc(NC(=O)c2csc(NC(=O)Nc3cccc(Cl)c3)n2)c1. The summed E-state index contributed by atoms with van der Waals surface area (Å²) in [5, 5.41) is 10.3. The van der Waals surface area contributed by atoms with Crippen LogP contribution in [0.25, 0.3) is 0 Å². The van der Waals surface area contributed by atoms with Crippen LogP contribution in [0.15, 0.2) is 53.9 Å². The van der Waals surface area contributed by atoms with E-state index >= 15 is 0 Å². The Balaban J connectivity index is 1.60. The van der Waals surface area contributed by atoms with Gasteiger partial charge in [0.25, 0.3) is 5.91 Å². The minimum Gasteiger partial charge on any atom is -0.497 e. The van der Waals surface area contributed by atoms with Crippen molar-refractivity contribution in [3.05, 3.63) is 64.6 Å². The zero-order valence-corrected chi connectivity index (χ0v) is 15.7. The van der Waals surface area contributed by atoms with Crippen LogP contribution in [0.1, 0.15) is 10.5 Å². The molecule has 0 aliphatic carbocycles. The molecule has 3 N–H and O–H groups in total. The van der Waals surface area contributed by atoms with E-state index < -0.39 is 6.03 Å². The number of hydrogen-bond acceptors (Lipinski definition) is 5. The van der Waals surface area contributed by atoms with E-state index in [0.717, 1.165) is 11.3 Å². The van der Waals surface area contributed by atoms with Gasteiger partial charge in [0.15, 0.2) is 5.13 Å². The lowest BCUT2D eigenvalue weighted by Crippen LogP contribution is -2.19. The van der Waals surface area contributed by atoms with Crippen LogP contribution in [0.4, 0.5) is 21.3 Å². The zero-order chi connectivity index (χ0) is 19.2. The molecule has 0 spiro atoms. The molecule has 0 bridgehead atoms. The Morgan fingerprint density at radius 3 is 2.52 bits per heavy atom. The molecule has 7 nitrogen and oxygen atoms in total. The van der Waals surface area contributed by atoms with Crippen molar-refractivity contribution < 1.29 is 14.3 Å². The van der Waals surface area contributed by atoms with Crippen LogP contribution < -0.4 is 20.7 Å². The fraction of sp³-hybridized carbons (Fsp3) is 0.0556. The number of carbonyl (C=O) groups is 2. The first kappa shape index (κ1) is 18.7. The van der Waals surface area contributed by atoms with Gasteiger partial charge >= 0.3 is 6.03 Å². The molecule has 1 heterocycles. The van der Waals surface area contributed by atoms with Gasteiger partial charge in [0.2, 0.25) is 0 Å². The highest BCUT2D eigenvalue weighted by Crippen LogP contribution is 2.20. The van der Waals surface area contributed by atoms with Gasteiger partial charge in [-0.05, 0) is 30.3 Å². The van der Waals surface area contributed by atoms with Crippen LogP contribution in [-0.2, 0) is 0 Å². The van der Waals surface area contributed by atoms with Crippen molar-refractivity contribution in [1.29, 1.82) is 0 Å². The average Bonchev–Trinajstić information content (AvgIpc) is 3.10. The number of benzene rings is 2. The van der Waals surface area contributed by atoms with Crippen molar-refractivity contribution in [2.75, 3.05) is 23.1 Å². The summed E-state index contributed by atoms with van der Waals surface area (Å²) in [7, 11) is 1.55. The summed E-state index contributed by atoms with van der Waals surface area (Å²) in [5.41, 5.74) is 1.33. The highest BCUT2D eigenvalue weighted by Gasteiger charge is 2.13. The minimum absolute atomic E-state index is 0.195. The lowest BCUT2D eigenvalue weighted by atomic mass is 10.3. The number of aromatic nitrogens is 1. The summed E-state index contributed by atoms with van der Waals surface area (Å²) in [4.78, 5) is 28.4. The fourth-order valence-electron chi connectivity index (χ4n) is 2.16. The number of nitrogens with one attached hydrogen (secondary N) is 3. The van der Waals surface area contributed by atoms with Crippen LogP contribution >= 0.6 is 22.9 Å². The number of methoxy groups -OCH3 is 1. The van der Waals surface area contributed by atoms with E-state index in [4.69, 9.17) is 16.3 Å². The Morgan fingerprint density at radius 1 is 1.04 bits per heavy atom. The van der Waals surface area contributed by atoms with E-state index in [1.165, 1.54) is 0 Å². The van der Waals surface area contributed by atoms with Crippen molar-refractivity contribution in [3.8, 4) is 5.75 Å². The molecular formula is C18H15ClN4O3S. The van der Waals surface area contributed by atoms with E-state index in [1.54, 1.807) is 61.0 Å². The number of rotatable bonds is 5. The zero-order valence-electron chi connectivity index (χ0n) is 14.2. The molecule has 0 aliphatic rings. The molecule has 0 saturated carbocycles. The summed E-state index contributed by atoms with van der Waals surface area (Å²) < 4.78 is 5.12. The standard InChI is InChI=1S/C18H15ClN4O3S/c1-26-14-7-3-6-13(9-14)20-16(24)15-10-27-18(22-15)23-17(25)21-12-5-2-4-11(19)8-12/h2-10H,1H3,(H,20,24)(H2,21,22,23,25). The lowest BCUT2D eigenvalue weighted by molar-refractivity contribution is 0.102. The highest BCUT2D eigenvalue weighted by atomic mass is 35.5. The molecule has 3 amide bonds. The van der Waals surface area contributed by atoms with Gasteiger partial charge in [0.05, 0.1) is 7.11 Å². The Morgan fingerprint density at radius 2 is 1.78 bits per heavy atom. The quantitative estimate of drug-likeness (QED) is 0.576. The van der Waals surface area contributed by atoms with Crippen LogP contribution in [0.2, 0.25) is 5.02 Å². The fourth-order valence-corrected chi connectivity index (χ4v) is 3.03. The first-order valence-electron chi connectivity index (χ1n) is 7.78. The second kappa shape index (κ2) is 8.52. The van der Waals surface area contributed by atoms with Crippen LogP contribution in [0.3, 0.4) is 0 Å². The Labute approximate surface area is 164 Å². The summed E-state index contributed by atoms with van der Waals surface area (Å²) in [6, 6.07) is 13.3. The summed E-state index contributed by atoms with van der Waals surface area (Å²) >= 11 is 7.02. The van der Waals surface area contributed by atoms with Gasteiger partial charge in [0.1, 0.15) is 11.4 Å². The van der Waals surface area contributed by atoms with Gasteiger partial charge in [-0.1, -0.05) is 23.7 Å². The molecule has 0 aliphatic heterocycles. The first-order valence-corrected chi connectivity index (χ1v) is 9.04. The van der Waals surface area contributed by atoms with Gasteiger partial charge in [-0.15, -0.1) is 11.3 Å². The Kier molecular flexibility index (Phi) is 5.90. The number of thiazole rings is 1. The average molecular weight is 403 g/mol. The molecule has 0 unspecified atom stereocenters. The maximum Gasteiger partial charge on any atom is 0.325 e. The number of anilines is 3. The van der Waals surface area contributed by atoms with E-state index in [-0.39, 0.29) is 11.6 Å². The predicted octanol–water partition coefficient (Wildman–Crippen LogP) is 4.70. The van der Waals surface area contributed by atoms with Gasteiger partial charge in [-0.25, -0.2) is 9.78 Å². The smallest absolute Gasteiger partial charge is 0.325 e. The first-order chi connectivity index (χ1) is 13.0. The molecule has 2 aromatic carbocycles. The van der Waals surface area contributed by atoms with Crippen molar-refractivity contribution in [1.82, 2.24) is 4.98 Å². The number of urea groups is 1. The summed E-state index contributed by atoms with van der Waals surface area (Å²) in [6.45, 7) is 0. The molecule has 0 saturated heterocycles. The third-order valence-electron chi connectivity index (χ3n) is 3.37. The predicted molar refractivity (Wildman–Crippen MR) is 107 cm³/mol. The maximum absolute atomic E-state index is 12.3. The summed E-state index contributed by atoms with van der Waals surface area (Å²) in [5.74, 6) is 0.244. The number of carbonyl (C=O) groups excluding carboxylic acids is 2. The van der Waals surface area contributed by atoms with Gasteiger partial charge in [0, 0.05) is 27.8 Å². The Bertz CT molecular complexity index is 977. The number of ether oxygens (including phenoxy) is 1. The molecule has 138 valence electrons. The number of amides is 3. The van der Waals surface area contributed by atoms with Crippen molar-refractivity contribution >= 4 is 51.4 Å². The second-order valence-electron chi connectivity index (χ2n) is 5.31. The van der Waals surface area contributed by atoms with Crippen molar-refractivity contribution in [2.24, 2.45) is 0 Å². The molecule has 0 radical (unpaired) electrons. The minimum atomic E-state index is -0.480. The molecule has 3 rings (SSSR count). The molecule has 3 aromatic rings. The van der Waals surface area contributed by atoms with E-state index in [1.807, 2.05) is 0 Å². The third-order valence-corrected chi connectivity index (χ3v) is 4.36. The summed E-state index contributed by atoms with van der Waals surface area (Å²) in [6.07, 6.45) is 0. The van der Waals surface area contributed by atoms with Crippen molar-refractivity contribution in [2.45, 2.75) is 0 Å². The maximum atomic E-state index is 12.3. The van der Waals surface area contributed by atoms with Crippen LogP contribution in [-0.4, -0.2) is 24.0 Å². The van der Waals surface area contributed by atoms with Crippen LogP contribution in [0.5, 0.6) is 5.75 Å². The number of halogens is 1. The van der Waals surface area contributed by atoms with Gasteiger partial charge < -0.3 is 15.4 Å². The molecule has 27 heavy (non-hydrogen) atoms. The molecule has 0 fully saturated rings.